The Morgan fingerprint density at radius 1 is 1.19 bits per heavy atom. The molecule has 0 aliphatic rings. The van der Waals surface area contributed by atoms with E-state index in [0.717, 1.165) is 23.4 Å². The number of halogens is 2. The Labute approximate surface area is 156 Å². The molecular formula is C19H19ClFNO4. The highest BCUT2D eigenvalue weighted by Gasteiger charge is 2.20. The van der Waals surface area contributed by atoms with Crippen molar-refractivity contribution in [1.82, 2.24) is 5.32 Å². The third kappa shape index (κ3) is 5.46. The molecule has 0 saturated heterocycles. The summed E-state index contributed by atoms with van der Waals surface area (Å²) >= 11 is 5.81. The van der Waals surface area contributed by atoms with E-state index in [1.165, 1.54) is 13.0 Å². The Hall–Kier alpha value is -2.60. The summed E-state index contributed by atoms with van der Waals surface area (Å²) in [5, 5.41) is 2.63. The zero-order valence-corrected chi connectivity index (χ0v) is 15.2. The van der Waals surface area contributed by atoms with Crippen LogP contribution in [0.3, 0.4) is 0 Å². The number of amides is 1. The molecule has 0 aliphatic heterocycles. The number of ether oxygens (including phenoxy) is 2. The van der Waals surface area contributed by atoms with Crippen LogP contribution in [0.1, 0.15) is 22.8 Å². The minimum atomic E-state index is -1.00. The van der Waals surface area contributed by atoms with E-state index in [4.69, 9.17) is 21.1 Å². The van der Waals surface area contributed by atoms with Crippen LogP contribution in [0, 0.1) is 5.82 Å². The lowest BCUT2D eigenvalue weighted by molar-refractivity contribution is -0.129. The number of carbonyl (C=O) groups is 2. The second kappa shape index (κ2) is 9.20. The average Bonchev–Trinajstić information content (AvgIpc) is 2.62. The first-order valence-corrected chi connectivity index (χ1v) is 8.35. The van der Waals surface area contributed by atoms with Crippen LogP contribution in [0.15, 0.2) is 42.5 Å². The molecule has 138 valence electrons. The largest absolute Gasteiger partial charge is 0.497 e. The molecule has 0 fully saturated rings. The molecule has 0 saturated carbocycles. The number of hydrogen-bond acceptors (Lipinski definition) is 4. The monoisotopic (exact) mass is 379 g/mol. The minimum Gasteiger partial charge on any atom is -0.497 e. The summed E-state index contributed by atoms with van der Waals surface area (Å²) in [6, 6.07) is 10.8. The van der Waals surface area contributed by atoms with Crippen LogP contribution in [0.5, 0.6) is 5.75 Å². The van der Waals surface area contributed by atoms with Gasteiger partial charge in [0.25, 0.3) is 5.91 Å². The predicted molar refractivity (Wildman–Crippen MR) is 96.0 cm³/mol. The van der Waals surface area contributed by atoms with E-state index in [1.54, 1.807) is 7.11 Å². The van der Waals surface area contributed by atoms with Gasteiger partial charge in [0.1, 0.15) is 11.6 Å². The molecule has 1 unspecified atom stereocenters. The van der Waals surface area contributed by atoms with Crippen molar-refractivity contribution in [2.75, 3.05) is 13.7 Å². The number of benzene rings is 2. The minimum absolute atomic E-state index is 0.00551. The van der Waals surface area contributed by atoms with Gasteiger partial charge in [-0.1, -0.05) is 23.7 Å². The summed E-state index contributed by atoms with van der Waals surface area (Å²) in [4.78, 5) is 24.1. The smallest absolute Gasteiger partial charge is 0.340 e. The van der Waals surface area contributed by atoms with Crippen LogP contribution in [0.4, 0.5) is 4.39 Å². The summed E-state index contributed by atoms with van der Waals surface area (Å²) in [6.45, 7) is 1.85. The highest BCUT2D eigenvalue weighted by atomic mass is 35.5. The maximum atomic E-state index is 13.0. The maximum Gasteiger partial charge on any atom is 0.340 e. The molecule has 0 aromatic heterocycles. The van der Waals surface area contributed by atoms with E-state index in [2.05, 4.69) is 5.32 Å². The number of hydrogen-bond donors (Lipinski definition) is 1. The molecule has 1 N–H and O–H groups in total. The van der Waals surface area contributed by atoms with Gasteiger partial charge in [0.15, 0.2) is 6.10 Å². The first-order valence-electron chi connectivity index (χ1n) is 7.97. The Balaban J connectivity index is 1.82. The quantitative estimate of drug-likeness (QED) is 0.749. The molecule has 0 aliphatic carbocycles. The van der Waals surface area contributed by atoms with Crippen molar-refractivity contribution in [3.05, 3.63) is 64.4 Å². The van der Waals surface area contributed by atoms with Crippen molar-refractivity contribution in [2.24, 2.45) is 0 Å². The van der Waals surface area contributed by atoms with Crippen LogP contribution >= 0.6 is 11.6 Å². The average molecular weight is 380 g/mol. The molecule has 2 aromatic carbocycles. The van der Waals surface area contributed by atoms with E-state index < -0.39 is 23.8 Å². The second-order valence-electron chi connectivity index (χ2n) is 5.56. The molecule has 2 rings (SSSR count). The fourth-order valence-electron chi connectivity index (χ4n) is 2.20. The summed E-state index contributed by atoms with van der Waals surface area (Å²) in [6.07, 6.45) is -0.375. The lowest BCUT2D eigenvalue weighted by Gasteiger charge is -2.14. The van der Waals surface area contributed by atoms with Crippen molar-refractivity contribution in [3.63, 3.8) is 0 Å². The molecule has 0 heterocycles. The van der Waals surface area contributed by atoms with E-state index in [1.807, 2.05) is 24.3 Å². The standard InChI is InChI=1S/C19H19ClFNO4/c1-12(26-19(24)16-8-5-14(21)11-17(16)20)18(23)22-10-9-13-3-6-15(25-2)7-4-13/h3-8,11-12H,9-10H2,1-2H3,(H,22,23). The zero-order valence-electron chi connectivity index (χ0n) is 14.4. The van der Waals surface area contributed by atoms with Gasteiger partial charge >= 0.3 is 5.97 Å². The zero-order chi connectivity index (χ0) is 19.1. The molecule has 26 heavy (non-hydrogen) atoms. The molecule has 0 radical (unpaired) electrons. The highest BCUT2D eigenvalue weighted by molar-refractivity contribution is 6.33. The maximum absolute atomic E-state index is 13.0. The number of carbonyl (C=O) groups excluding carboxylic acids is 2. The van der Waals surface area contributed by atoms with Crippen LogP contribution in [0.25, 0.3) is 0 Å². The number of rotatable bonds is 7. The Kier molecular flexibility index (Phi) is 6.97. The SMILES string of the molecule is COc1ccc(CCNC(=O)C(C)OC(=O)c2ccc(F)cc2Cl)cc1. The normalized spacial score (nSPS) is 11.5. The summed E-state index contributed by atoms with van der Waals surface area (Å²) in [5.74, 6) is -1.01. The lowest BCUT2D eigenvalue weighted by atomic mass is 10.1. The predicted octanol–water partition coefficient (Wildman–Crippen LogP) is 3.39. The molecule has 7 heteroatoms. The van der Waals surface area contributed by atoms with Crippen molar-refractivity contribution in [1.29, 1.82) is 0 Å². The van der Waals surface area contributed by atoms with Gasteiger partial charge in [-0.3, -0.25) is 4.79 Å². The number of methoxy groups -OCH3 is 1. The topological polar surface area (TPSA) is 64.6 Å². The molecule has 5 nitrogen and oxygen atoms in total. The number of esters is 1. The summed E-state index contributed by atoms with van der Waals surface area (Å²) < 4.78 is 23.2. The van der Waals surface area contributed by atoms with Gasteiger partial charge in [-0.15, -0.1) is 0 Å². The van der Waals surface area contributed by atoms with Gasteiger partial charge in [-0.05, 0) is 49.2 Å². The molecule has 0 bridgehead atoms. The van der Waals surface area contributed by atoms with Gasteiger partial charge in [0, 0.05) is 6.54 Å². The van der Waals surface area contributed by atoms with Crippen LogP contribution in [-0.4, -0.2) is 31.6 Å². The third-order valence-electron chi connectivity index (χ3n) is 3.68. The molecular weight excluding hydrogens is 361 g/mol. The van der Waals surface area contributed by atoms with Crippen LogP contribution in [0.2, 0.25) is 5.02 Å². The Morgan fingerprint density at radius 2 is 1.88 bits per heavy atom. The fourth-order valence-corrected chi connectivity index (χ4v) is 2.44. The number of nitrogens with one attached hydrogen (secondary N) is 1. The fraction of sp³-hybridized carbons (Fsp3) is 0.263. The first-order chi connectivity index (χ1) is 12.4. The van der Waals surface area contributed by atoms with Gasteiger partial charge < -0.3 is 14.8 Å². The Morgan fingerprint density at radius 3 is 2.50 bits per heavy atom. The van der Waals surface area contributed by atoms with E-state index >= 15 is 0 Å². The van der Waals surface area contributed by atoms with Crippen molar-refractivity contribution in [2.45, 2.75) is 19.4 Å². The van der Waals surface area contributed by atoms with Crippen molar-refractivity contribution < 1.29 is 23.5 Å². The first kappa shape index (κ1) is 19.7. The lowest BCUT2D eigenvalue weighted by Crippen LogP contribution is -2.37. The van der Waals surface area contributed by atoms with Gasteiger partial charge in [0.2, 0.25) is 0 Å². The van der Waals surface area contributed by atoms with Crippen molar-refractivity contribution >= 4 is 23.5 Å². The van der Waals surface area contributed by atoms with E-state index in [-0.39, 0.29) is 10.6 Å². The van der Waals surface area contributed by atoms with Gasteiger partial charge in [0.05, 0.1) is 17.7 Å². The molecule has 1 amide bonds. The Bertz CT molecular complexity index is 780. The second-order valence-corrected chi connectivity index (χ2v) is 5.97. The van der Waals surface area contributed by atoms with Gasteiger partial charge in [-0.25, -0.2) is 9.18 Å². The highest BCUT2D eigenvalue weighted by Crippen LogP contribution is 2.18. The molecule has 1 atom stereocenters. The van der Waals surface area contributed by atoms with E-state index in [0.29, 0.717) is 13.0 Å². The van der Waals surface area contributed by atoms with Crippen molar-refractivity contribution in [3.8, 4) is 5.75 Å². The van der Waals surface area contributed by atoms with Gasteiger partial charge in [-0.2, -0.15) is 0 Å². The summed E-state index contributed by atoms with van der Waals surface area (Å²) in [7, 11) is 1.59. The summed E-state index contributed by atoms with van der Waals surface area (Å²) in [5.41, 5.74) is 1.04. The molecule has 0 spiro atoms. The van der Waals surface area contributed by atoms with Crippen LogP contribution in [-0.2, 0) is 16.0 Å². The van der Waals surface area contributed by atoms with E-state index in [9.17, 15) is 14.0 Å². The third-order valence-corrected chi connectivity index (χ3v) is 3.99. The molecule has 2 aromatic rings. The van der Waals surface area contributed by atoms with Crippen LogP contribution < -0.4 is 10.1 Å².